The van der Waals surface area contributed by atoms with Crippen molar-refractivity contribution < 1.29 is 4.79 Å². The third kappa shape index (κ3) is 4.18. The van der Waals surface area contributed by atoms with E-state index in [1.807, 2.05) is 14.1 Å². The van der Waals surface area contributed by atoms with E-state index in [1.165, 1.54) is 12.8 Å². The molecule has 0 radical (unpaired) electrons. The molecule has 0 aromatic rings. The Kier molecular flexibility index (Phi) is 5.05. The molecule has 0 saturated carbocycles. The Morgan fingerprint density at radius 2 is 2.20 bits per heavy atom. The normalized spacial score (nSPS) is 20.9. The monoisotopic (exact) mass is 213 g/mol. The molecule has 0 spiro atoms. The maximum Gasteiger partial charge on any atom is 0.236 e. The maximum absolute atomic E-state index is 11.5. The van der Waals surface area contributed by atoms with Crippen LogP contribution in [0.1, 0.15) is 19.8 Å². The van der Waals surface area contributed by atoms with Gasteiger partial charge in [0.25, 0.3) is 0 Å². The van der Waals surface area contributed by atoms with Crippen molar-refractivity contribution in [1.82, 2.24) is 15.1 Å². The van der Waals surface area contributed by atoms with Crippen LogP contribution < -0.4 is 5.32 Å². The molecule has 1 rings (SSSR count). The number of nitrogens with zero attached hydrogens (tertiary/aromatic N) is 2. The van der Waals surface area contributed by atoms with E-state index in [0.717, 1.165) is 19.6 Å². The first kappa shape index (κ1) is 12.5. The molecule has 1 aliphatic heterocycles. The van der Waals surface area contributed by atoms with Gasteiger partial charge in [-0.15, -0.1) is 0 Å². The minimum Gasteiger partial charge on any atom is -0.348 e. The van der Waals surface area contributed by atoms with Crippen LogP contribution in [0, 0.1) is 0 Å². The summed E-state index contributed by atoms with van der Waals surface area (Å²) in [6, 6.07) is 0.583. The summed E-state index contributed by atoms with van der Waals surface area (Å²) in [4.78, 5) is 15.4. The van der Waals surface area contributed by atoms with Crippen LogP contribution >= 0.6 is 0 Å². The van der Waals surface area contributed by atoms with E-state index in [0.29, 0.717) is 12.6 Å². The summed E-state index contributed by atoms with van der Waals surface area (Å²) < 4.78 is 0. The second-order valence-electron chi connectivity index (χ2n) is 4.41. The zero-order valence-electron chi connectivity index (χ0n) is 10.1. The molecular weight excluding hydrogens is 190 g/mol. The van der Waals surface area contributed by atoms with Crippen LogP contribution in [-0.2, 0) is 4.79 Å². The number of hydrogen-bond donors (Lipinski definition) is 1. The Bertz CT molecular complexity index is 200. The van der Waals surface area contributed by atoms with Gasteiger partial charge in [-0.05, 0) is 25.9 Å². The average Bonchev–Trinajstić information content (AvgIpc) is 2.69. The molecule has 1 N–H and O–H groups in total. The van der Waals surface area contributed by atoms with Crippen LogP contribution in [0.2, 0.25) is 0 Å². The average molecular weight is 213 g/mol. The Labute approximate surface area is 92.6 Å². The van der Waals surface area contributed by atoms with Crippen molar-refractivity contribution in [3.8, 4) is 0 Å². The quantitative estimate of drug-likeness (QED) is 0.706. The molecule has 0 aromatic carbocycles. The Hall–Kier alpha value is -0.610. The zero-order chi connectivity index (χ0) is 11.3. The van der Waals surface area contributed by atoms with Crippen molar-refractivity contribution >= 4 is 5.91 Å². The summed E-state index contributed by atoms with van der Waals surface area (Å²) >= 11 is 0. The molecular formula is C11H23N3O. The third-order valence-corrected chi connectivity index (χ3v) is 2.95. The first-order valence-electron chi connectivity index (χ1n) is 5.79. The van der Waals surface area contributed by atoms with Crippen LogP contribution in [0.3, 0.4) is 0 Å². The number of nitrogens with one attached hydrogen (secondary N) is 1. The predicted octanol–water partition coefficient (Wildman–Crippen LogP) is 0.149. The van der Waals surface area contributed by atoms with Crippen molar-refractivity contribution in [2.24, 2.45) is 0 Å². The van der Waals surface area contributed by atoms with Gasteiger partial charge in [-0.1, -0.05) is 6.92 Å². The van der Waals surface area contributed by atoms with Crippen molar-refractivity contribution in [3.63, 3.8) is 0 Å². The third-order valence-electron chi connectivity index (χ3n) is 2.95. The van der Waals surface area contributed by atoms with Crippen molar-refractivity contribution in [3.05, 3.63) is 0 Å². The van der Waals surface area contributed by atoms with E-state index >= 15 is 0 Å². The Balaban J connectivity index is 2.31. The molecule has 15 heavy (non-hydrogen) atoms. The van der Waals surface area contributed by atoms with Gasteiger partial charge >= 0.3 is 0 Å². The zero-order valence-corrected chi connectivity index (χ0v) is 10.1. The molecule has 4 nitrogen and oxygen atoms in total. The van der Waals surface area contributed by atoms with Crippen LogP contribution in [-0.4, -0.2) is 62.0 Å². The summed E-state index contributed by atoms with van der Waals surface area (Å²) in [5, 5.41) is 3.46. The summed E-state index contributed by atoms with van der Waals surface area (Å²) in [5.41, 5.74) is 0. The van der Waals surface area contributed by atoms with E-state index in [1.54, 1.807) is 4.90 Å². The van der Waals surface area contributed by atoms with Crippen molar-refractivity contribution in [2.45, 2.75) is 25.8 Å². The van der Waals surface area contributed by atoms with Gasteiger partial charge in [0.05, 0.1) is 6.54 Å². The first-order chi connectivity index (χ1) is 7.13. The Morgan fingerprint density at radius 3 is 2.67 bits per heavy atom. The lowest BCUT2D eigenvalue weighted by atomic mass is 10.2. The van der Waals surface area contributed by atoms with Gasteiger partial charge in [-0.25, -0.2) is 0 Å². The minimum atomic E-state index is 0.190. The van der Waals surface area contributed by atoms with E-state index < -0.39 is 0 Å². The lowest BCUT2D eigenvalue weighted by Gasteiger charge is -2.24. The fourth-order valence-electron chi connectivity index (χ4n) is 1.86. The summed E-state index contributed by atoms with van der Waals surface area (Å²) in [7, 11) is 3.62. The fraction of sp³-hybridized carbons (Fsp3) is 0.909. The van der Waals surface area contributed by atoms with Gasteiger partial charge in [-0.2, -0.15) is 0 Å². The number of amides is 1. The highest BCUT2D eigenvalue weighted by molar-refractivity contribution is 5.77. The van der Waals surface area contributed by atoms with Crippen LogP contribution in [0.15, 0.2) is 0 Å². The van der Waals surface area contributed by atoms with Crippen LogP contribution in [0.4, 0.5) is 0 Å². The minimum absolute atomic E-state index is 0.190. The van der Waals surface area contributed by atoms with E-state index in [-0.39, 0.29) is 5.91 Å². The number of likely N-dealkylation sites (N-methyl/N-ethyl adjacent to an activating group) is 2. The lowest BCUT2D eigenvalue weighted by Crippen LogP contribution is -2.42. The summed E-state index contributed by atoms with van der Waals surface area (Å²) in [6.45, 7) is 5.72. The molecule has 0 bridgehead atoms. The molecule has 1 amide bonds. The molecule has 88 valence electrons. The van der Waals surface area contributed by atoms with Gasteiger partial charge in [-0.3, -0.25) is 9.69 Å². The van der Waals surface area contributed by atoms with E-state index in [2.05, 4.69) is 17.1 Å². The van der Waals surface area contributed by atoms with E-state index in [4.69, 9.17) is 0 Å². The molecule has 0 aliphatic carbocycles. The Morgan fingerprint density at radius 1 is 1.47 bits per heavy atom. The number of carbonyl (C=O) groups excluding carboxylic acids is 1. The largest absolute Gasteiger partial charge is 0.348 e. The molecule has 1 saturated heterocycles. The van der Waals surface area contributed by atoms with Crippen LogP contribution in [0.25, 0.3) is 0 Å². The summed E-state index contributed by atoms with van der Waals surface area (Å²) in [6.07, 6.45) is 2.51. The van der Waals surface area contributed by atoms with Gasteiger partial charge in [0, 0.05) is 26.7 Å². The maximum atomic E-state index is 11.5. The van der Waals surface area contributed by atoms with Gasteiger partial charge in [0.15, 0.2) is 0 Å². The molecule has 0 unspecified atom stereocenters. The number of carbonyl (C=O) groups is 1. The van der Waals surface area contributed by atoms with Crippen molar-refractivity contribution in [1.29, 1.82) is 0 Å². The highest BCUT2D eigenvalue weighted by Crippen LogP contribution is 2.06. The molecule has 4 heteroatoms. The smallest absolute Gasteiger partial charge is 0.236 e. The van der Waals surface area contributed by atoms with Crippen LogP contribution in [0.5, 0.6) is 0 Å². The second-order valence-corrected chi connectivity index (χ2v) is 4.41. The van der Waals surface area contributed by atoms with Gasteiger partial charge in [0.1, 0.15) is 0 Å². The molecule has 1 heterocycles. The predicted molar refractivity (Wildman–Crippen MR) is 61.8 cm³/mol. The molecule has 1 atom stereocenters. The van der Waals surface area contributed by atoms with Gasteiger partial charge < -0.3 is 10.2 Å². The SMILES string of the molecule is CCN(CC(=O)N(C)C)C[C@@H]1CCCN1. The highest BCUT2D eigenvalue weighted by Gasteiger charge is 2.18. The van der Waals surface area contributed by atoms with E-state index in [9.17, 15) is 4.79 Å². The number of hydrogen-bond acceptors (Lipinski definition) is 3. The molecule has 1 fully saturated rings. The summed E-state index contributed by atoms with van der Waals surface area (Å²) in [5.74, 6) is 0.190. The number of rotatable bonds is 5. The lowest BCUT2D eigenvalue weighted by molar-refractivity contribution is -0.129. The first-order valence-corrected chi connectivity index (χ1v) is 5.79. The molecule has 1 aliphatic rings. The van der Waals surface area contributed by atoms with Crippen molar-refractivity contribution in [2.75, 3.05) is 40.3 Å². The topological polar surface area (TPSA) is 35.6 Å². The van der Waals surface area contributed by atoms with Gasteiger partial charge in [0.2, 0.25) is 5.91 Å². The second kappa shape index (κ2) is 6.08. The highest BCUT2D eigenvalue weighted by atomic mass is 16.2. The fourth-order valence-corrected chi connectivity index (χ4v) is 1.86. The standard InChI is InChI=1S/C11H23N3O/c1-4-14(9-11(15)13(2)3)8-10-6-5-7-12-10/h10,12H,4-9H2,1-3H3/t10-/m0/s1. The molecule has 0 aromatic heterocycles.